The first-order valence-corrected chi connectivity index (χ1v) is 11.3. The molecule has 2 aromatic heterocycles. The second kappa shape index (κ2) is 10.2. The predicted molar refractivity (Wildman–Crippen MR) is 126 cm³/mol. The molecule has 33 heavy (non-hydrogen) atoms. The molecule has 10 heteroatoms. The quantitative estimate of drug-likeness (QED) is 0.548. The van der Waals surface area contributed by atoms with Crippen molar-refractivity contribution in [2.45, 2.75) is 25.9 Å². The lowest BCUT2D eigenvalue weighted by Gasteiger charge is -2.26. The van der Waals surface area contributed by atoms with Gasteiger partial charge in [-0.25, -0.2) is 15.0 Å². The summed E-state index contributed by atoms with van der Waals surface area (Å²) in [7, 11) is 0. The van der Waals surface area contributed by atoms with Gasteiger partial charge in [0, 0.05) is 39.0 Å². The van der Waals surface area contributed by atoms with Crippen LogP contribution in [0.4, 0.5) is 5.13 Å². The lowest BCUT2D eigenvalue weighted by Crippen LogP contribution is -2.52. The number of carbonyl (C=O) groups excluding carboxylic acids is 2. The number of aromatic nitrogens is 3. The number of hydrogen-bond acceptors (Lipinski definition) is 8. The van der Waals surface area contributed by atoms with Gasteiger partial charge in [0.1, 0.15) is 17.6 Å². The number of carbonyl (C=O) groups is 2. The van der Waals surface area contributed by atoms with E-state index in [4.69, 9.17) is 7.48 Å². The molecule has 1 aliphatic heterocycles. The third kappa shape index (κ3) is 5.78. The Morgan fingerprint density at radius 1 is 1.21 bits per heavy atom. The molecule has 0 atom stereocenters. The molecule has 0 saturated carbocycles. The molecule has 3 heterocycles. The van der Waals surface area contributed by atoms with E-state index in [0.29, 0.717) is 36.9 Å². The fourth-order valence-electron chi connectivity index (χ4n) is 3.14. The molecule has 3 aromatic rings. The van der Waals surface area contributed by atoms with Gasteiger partial charge in [-0.2, -0.15) is 0 Å². The predicted octanol–water partition coefficient (Wildman–Crippen LogP) is 2.58. The van der Waals surface area contributed by atoms with Crippen LogP contribution >= 0.6 is 11.3 Å². The van der Waals surface area contributed by atoms with Gasteiger partial charge < -0.3 is 10.1 Å². The molecule has 1 fully saturated rings. The maximum absolute atomic E-state index is 13.1. The van der Waals surface area contributed by atoms with Crippen LogP contribution in [0.25, 0.3) is 11.3 Å². The minimum atomic E-state index is -1.81. The number of amides is 2. The maximum Gasteiger partial charge on any atom is 0.270 e. The molecule has 2 amide bonds. The molecule has 1 aliphatic rings. The summed E-state index contributed by atoms with van der Waals surface area (Å²) in [5.41, 5.74) is 0.0599. The molecule has 1 saturated heterocycles. The molecule has 2 N–H and O–H groups in total. The topological polar surface area (TPSA) is 109 Å². The van der Waals surface area contributed by atoms with Crippen molar-refractivity contribution < 1.29 is 17.1 Å². The van der Waals surface area contributed by atoms with E-state index >= 15 is 0 Å². The highest BCUT2D eigenvalue weighted by Gasteiger charge is 2.31. The van der Waals surface area contributed by atoms with E-state index in [0.717, 1.165) is 16.9 Å². The molecule has 172 valence electrons. The largest absolute Gasteiger partial charge is 0.379 e. The molecule has 9 nitrogen and oxygen atoms in total. The monoisotopic (exact) mass is 468 g/mol. The molecular weight excluding hydrogens is 440 g/mol. The van der Waals surface area contributed by atoms with Crippen LogP contribution in [0.2, 0.25) is 0 Å². The summed E-state index contributed by atoms with van der Waals surface area (Å²) < 4.78 is 23.2. The third-order valence-corrected chi connectivity index (χ3v) is 5.85. The number of nitrogens with one attached hydrogen (secondary N) is 2. The number of hydrogen-bond donors (Lipinski definition) is 2. The lowest BCUT2D eigenvalue weighted by atomic mass is 10.0. The zero-order valence-corrected chi connectivity index (χ0v) is 19.2. The molecular formula is C23H26N6O3S. The summed E-state index contributed by atoms with van der Waals surface area (Å²) in [6, 6.07) is 10.7. The van der Waals surface area contributed by atoms with Crippen molar-refractivity contribution in [2.24, 2.45) is 0 Å². The summed E-state index contributed by atoms with van der Waals surface area (Å²) in [6.45, 7) is 3.12. The molecule has 0 radical (unpaired) electrons. The van der Waals surface area contributed by atoms with Crippen molar-refractivity contribution in [1.29, 1.82) is 0 Å². The van der Waals surface area contributed by atoms with Crippen LogP contribution in [0.15, 0.2) is 48.9 Å². The van der Waals surface area contributed by atoms with Gasteiger partial charge in [-0.05, 0) is 19.9 Å². The number of rotatable bonds is 7. The smallest absolute Gasteiger partial charge is 0.270 e. The van der Waals surface area contributed by atoms with Crippen LogP contribution in [-0.2, 0) is 16.0 Å². The van der Waals surface area contributed by atoms with Crippen LogP contribution in [0.1, 0.15) is 32.0 Å². The molecule has 4 rings (SSSR count). The average molecular weight is 469 g/mol. The van der Waals surface area contributed by atoms with E-state index in [1.165, 1.54) is 18.6 Å². The fraction of sp³-hybridized carbons (Fsp3) is 0.348. The van der Waals surface area contributed by atoms with E-state index in [2.05, 4.69) is 25.6 Å². The molecule has 0 unspecified atom stereocenters. The minimum absolute atomic E-state index is 0.141. The Labute approximate surface area is 199 Å². The SMILES string of the molecule is [2H]C([2H])(c1sc(NC(=O)C(C)(C)NC(=O)c2ccncn2)nc1-c1ccccc1)N1CCOCC1. The highest BCUT2D eigenvalue weighted by molar-refractivity contribution is 7.16. The summed E-state index contributed by atoms with van der Waals surface area (Å²) in [5.74, 6) is -1.01. The van der Waals surface area contributed by atoms with E-state index in [-0.39, 0.29) is 10.8 Å². The van der Waals surface area contributed by atoms with Gasteiger partial charge >= 0.3 is 0 Å². The van der Waals surface area contributed by atoms with Crippen LogP contribution in [0.3, 0.4) is 0 Å². The van der Waals surface area contributed by atoms with Crippen molar-refractivity contribution in [3.05, 3.63) is 59.5 Å². The Bertz CT molecular complexity index is 1180. The summed E-state index contributed by atoms with van der Waals surface area (Å²) in [4.78, 5) is 40.0. The molecule has 0 spiro atoms. The highest BCUT2D eigenvalue weighted by Crippen LogP contribution is 2.32. The van der Waals surface area contributed by atoms with Gasteiger partial charge in [-0.3, -0.25) is 19.8 Å². The van der Waals surface area contributed by atoms with Gasteiger partial charge in [0.25, 0.3) is 11.8 Å². The van der Waals surface area contributed by atoms with Crippen molar-refractivity contribution in [3.63, 3.8) is 0 Å². The van der Waals surface area contributed by atoms with Gasteiger partial charge in [0.2, 0.25) is 0 Å². The summed E-state index contributed by atoms with van der Waals surface area (Å²) in [6.07, 6.45) is 2.70. The van der Waals surface area contributed by atoms with E-state index in [1.807, 2.05) is 30.3 Å². The van der Waals surface area contributed by atoms with Crippen LogP contribution in [-0.4, -0.2) is 63.5 Å². The number of benzene rings is 1. The third-order valence-electron chi connectivity index (χ3n) is 4.97. The normalized spacial score (nSPS) is 15.9. The van der Waals surface area contributed by atoms with Crippen molar-refractivity contribution in [1.82, 2.24) is 25.2 Å². The van der Waals surface area contributed by atoms with E-state index in [1.54, 1.807) is 18.7 Å². The van der Waals surface area contributed by atoms with Crippen LogP contribution in [0, 0.1) is 0 Å². The second-order valence-electron chi connectivity index (χ2n) is 7.90. The first kappa shape index (κ1) is 20.4. The Morgan fingerprint density at radius 3 is 2.67 bits per heavy atom. The summed E-state index contributed by atoms with van der Waals surface area (Å²) >= 11 is 1.08. The fourth-order valence-corrected chi connectivity index (χ4v) is 4.05. The number of morpholine rings is 1. The zero-order chi connectivity index (χ0) is 25.1. The molecule has 1 aromatic carbocycles. The van der Waals surface area contributed by atoms with E-state index in [9.17, 15) is 9.59 Å². The number of anilines is 1. The Morgan fingerprint density at radius 2 is 1.97 bits per heavy atom. The number of thiazole rings is 1. The lowest BCUT2D eigenvalue weighted by molar-refractivity contribution is -0.120. The van der Waals surface area contributed by atoms with Crippen LogP contribution in [0.5, 0.6) is 0 Å². The Balaban J connectivity index is 1.60. The second-order valence-corrected chi connectivity index (χ2v) is 8.90. The number of ether oxygens (including phenoxy) is 1. The highest BCUT2D eigenvalue weighted by atomic mass is 32.1. The first-order valence-electron chi connectivity index (χ1n) is 11.5. The van der Waals surface area contributed by atoms with Crippen LogP contribution < -0.4 is 10.6 Å². The van der Waals surface area contributed by atoms with Gasteiger partial charge in [0.05, 0.1) is 18.9 Å². The number of nitrogens with zero attached hydrogens (tertiary/aromatic N) is 4. The first-order chi connectivity index (χ1) is 16.7. The van der Waals surface area contributed by atoms with E-state index < -0.39 is 23.9 Å². The maximum atomic E-state index is 13.1. The molecule has 0 bridgehead atoms. The molecule has 0 aliphatic carbocycles. The van der Waals surface area contributed by atoms with Crippen molar-refractivity contribution >= 4 is 28.3 Å². The van der Waals surface area contributed by atoms with Crippen molar-refractivity contribution in [2.75, 3.05) is 31.6 Å². The van der Waals surface area contributed by atoms with Crippen molar-refractivity contribution in [3.8, 4) is 11.3 Å². The van der Waals surface area contributed by atoms with Gasteiger partial charge in [0.15, 0.2) is 5.13 Å². The Hall–Kier alpha value is -3.21. The van der Waals surface area contributed by atoms with Gasteiger partial charge in [-0.15, -0.1) is 0 Å². The standard InChI is InChI=1S/C23H26N6O3S/c1-23(2,28-20(30)17-8-9-24-15-25-17)21(31)27-22-26-19(16-6-4-3-5-7-16)18(33-22)14-29-10-12-32-13-11-29/h3-9,15H,10-14H2,1-2H3,(H,28,30)(H,26,27,31)/i14D2. The minimum Gasteiger partial charge on any atom is -0.379 e. The Kier molecular flexibility index (Phi) is 6.28. The average Bonchev–Trinajstić information content (AvgIpc) is 3.30. The zero-order valence-electron chi connectivity index (χ0n) is 20.4. The van der Waals surface area contributed by atoms with Gasteiger partial charge in [-0.1, -0.05) is 41.7 Å². The summed E-state index contributed by atoms with van der Waals surface area (Å²) in [5, 5.41) is 5.66.